The number of thioether (sulfide) groups is 1. The predicted molar refractivity (Wildman–Crippen MR) is 117 cm³/mol. The Balaban J connectivity index is 0.000000165. The summed E-state index contributed by atoms with van der Waals surface area (Å²) in [4.78, 5) is 33.2. The Hall–Kier alpha value is -3.57. The number of anilines is 2. The van der Waals surface area contributed by atoms with Crippen molar-refractivity contribution in [3.8, 4) is 0 Å². The van der Waals surface area contributed by atoms with Crippen molar-refractivity contribution >= 4 is 62.1 Å². The molecule has 6 rings (SSSR count). The number of H-pyrrole nitrogens is 2. The van der Waals surface area contributed by atoms with Gasteiger partial charge in [0.2, 0.25) is 0 Å². The average Bonchev–Trinajstić information content (AvgIpc) is 3.46. The third-order valence-corrected chi connectivity index (χ3v) is 5.94. The molecule has 12 heteroatoms. The lowest BCUT2D eigenvalue weighted by Crippen LogP contribution is -1.96. The van der Waals surface area contributed by atoms with Crippen molar-refractivity contribution in [2.24, 2.45) is 0 Å². The molecule has 0 saturated carbocycles. The molecule has 1 aliphatic heterocycles. The molecule has 0 atom stereocenters. The Morgan fingerprint density at radius 1 is 0.969 bits per heavy atom. The zero-order valence-corrected chi connectivity index (χ0v) is 17.6. The zero-order chi connectivity index (χ0) is 22.2. The minimum Gasteiger partial charge on any atom is -0.343 e. The molecule has 0 unspecified atom stereocenters. The topological polar surface area (TPSA) is 112 Å². The summed E-state index contributed by atoms with van der Waals surface area (Å²) in [6, 6.07) is 5.64. The molecular formula is C20H12ClF2N7OS. The number of carbonyl (C=O) groups is 1. The van der Waals surface area contributed by atoms with E-state index in [4.69, 9.17) is 11.6 Å². The maximum atomic E-state index is 13.8. The van der Waals surface area contributed by atoms with Gasteiger partial charge in [-0.1, -0.05) is 29.4 Å². The van der Waals surface area contributed by atoms with Gasteiger partial charge in [-0.05, 0) is 17.7 Å². The van der Waals surface area contributed by atoms with E-state index in [0.717, 1.165) is 16.1 Å². The molecule has 0 aliphatic carbocycles. The maximum Gasteiger partial charge on any atom is 0.198 e. The quantitative estimate of drug-likeness (QED) is 0.318. The molecule has 5 heterocycles. The van der Waals surface area contributed by atoms with E-state index in [-0.39, 0.29) is 15.7 Å². The Kier molecular flexibility index (Phi) is 5.19. The second-order valence-electron chi connectivity index (χ2n) is 6.71. The highest BCUT2D eigenvalue weighted by atomic mass is 35.5. The Labute approximate surface area is 187 Å². The number of hydrogen-bond acceptors (Lipinski definition) is 7. The lowest BCUT2D eigenvalue weighted by molar-refractivity contribution is -0.110. The largest absolute Gasteiger partial charge is 0.343 e. The van der Waals surface area contributed by atoms with E-state index >= 15 is 0 Å². The third-order valence-electron chi connectivity index (χ3n) is 4.69. The van der Waals surface area contributed by atoms with Gasteiger partial charge in [0.15, 0.2) is 16.7 Å². The first kappa shape index (κ1) is 20.3. The zero-order valence-electron chi connectivity index (χ0n) is 16.0. The van der Waals surface area contributed by atoms with Crippen molar-refractivity contribution in [2.45, 2.75) is 11.3 Å². The van der Waals surface area contributed by atoms with Gasteiger partial charge in [0, 0.05) is 29.4 Å². The van der Waals surface area contributed by atoms with Gasteiger partial charge in [0.05, 0.1) is 10.8 Å². The van der Waals surface area contributed by atoms with Gasteiger partial charge in [-0.25, -0.2) is 28.7 Å². The number of rotatable bonds is 2. The van der Waals surface area contributed by atoms with Crippen LogP contribution < -0.4 is 5.32 Å². The normalized spacial score (nSPS) is 12.7. The second kappa shape index (κ2) is 8.17. The first-order chi connectivity index (χ1) is 15.5. The molecule has 160 valence electrons. The summed E-state index contributed by atoms with van der Waals surface area (Å²) in [7, 11) is 0. The molecule has 8 nitrogen and oxygen atoms in total. The Morgan fingerprint density at radius 2 is 1.66 bits per heavy atom. The lowest BCUT2D eigenvalue weighted by Gasteiger charge is -2.08. The van der Waals surface area contributed by atoms with Crippen molar-refractivity contribution in [1.82, 2.24) is 29.9 Å². The minimum atomic E-state index is -0.425. The summed E-state index contributed by atoms with van der Waals surface area (Å²) in [5.74, 6) is -0.433. The highest BCUT2D eigenvalue weighted by Gasteiger charge is 2.20. The van der Waals surface area contributed by atoms with Gasteiger partial charge < -0.3 is 15.3 Å². The smallest absolute Gasteiger partial charge is 0.198 e. The molecule has 0 bridgehead atoms. The monoisotopic (exact) mass is 471 g/mol. The van der Waals surface area contributed by atoms with Crippen LogP contribution in [0.15, 0.2) is 48.1 Å². The molecule has 32 heavy (non-hydrogen) atoms. The number of fused-ring (bicyclic) bond motifs is 3. The number of aromatic nitrogens is 6. The van der Waals surface area contributed by atoms with Gasteiger partial charge in [-0.3, -0.25) is 4.79 Å². The molecule has 0 fully saturated rings. The van der Waals surface area contributed by atoms with Crippen LogP contribution in [0.2, 0.25) is 5.15 Å². The first-order valence-electron chi connectivity index (χ1n) is 9.21. The van der Waals surface area contributed by atoms with Crippen LogP contribution in [0.5, 0.6) is 0 Å². The molecule has 1 aromatic carbocycles. The number of aromatic amines is 2. The molecule has 4 aromatic heterocycles. The number of nitrogens with one attached hydrogen (secondary N) is 3. The van der Waals surface area contributed by atoms with Crippen LogP contribution in [-0.2, 0) is 11.2 Å². The standard InChI is InChI=1S/C14H9FN4OS.C6H3ClFN3/c15-9-5-16-13-12(9)14(18-6-17-13)19-8-2-1-7-3-11(20)21-10(7)4-8;7-5-4-3(8)1-9-6(4)11-2-10-5/h1-2,4-6H,3H2,(H2,16,17,18,19);1-2H,(H,9,10,11). The van der Waals surface area contributed by atoms with E-state index in [1.165, 1.54) is 36.8 Å². The van der Waals surface area contributed by atoms with Gasteiger partial charge in [-0.2, -0.15) is 0 Å². The average molecular weight is 472 g/mol. The molecule has 0 radical (unpaired) electrons. The van der Waals surface area contributed by atoms with Crippen molar-refractivity contribution in [1.29, 1.82) is 0 Å². The molecule has 0 saturated heterocycles. The van der Waals surface area contributed by atoms with Gasteiger partial charge >= 0.3 is 0 Å². The fraction of sp³-hybridized carbons (Fsp3) is 0.0500. The summed E-state index contributed by atoms with van der Waals surface area (Å²) in [6.45, 7) is 0. The minimum absolute atomic E-state index is 0.133. The summed E-state index contributed by atoms with van der Waals surface area (Å²) in [5.41, 5.74) is 2.64. The predicted octanol–water partition coefficient (Wildman–Crippen LogP) is 4.77. The van der Waals surface area contributed by atoms with Crippen molar-refractivity contribution in [3.63, 3.8) is 0 Å². The number of nitrogens with zero attached hydrogens (tertiary/aromatic N) is 4. The van der Waals surface area contributed by atoms with Crippen molar-refractivity contribution < 1.29 is 13.6 Å². The van der Waals surface area contributed by atoms with E-state index < -0.39 is 11.6 Å². The first-order valence-corrected chi connectivity index (χ1v) is 10.4. The second-order valence-corrected chi connectivity index (χ2v) is 8.16. The van der Waals surface area contributed by atoms with Gasteiger partial charge in [-0.15, -0.1) is 0 Å². The molecular weight excluding hydrogens is 460 g/mol. The molecule has 1 aliphatic rings. The Morgan fingerprint density at radius 3 is 2.41 bits per heavy atom. The van der Waals surface area contributed by atoms with E-state index in [2.05, 4.69) is 35.2 Å². The summed E-state index contributed by atoms with van der Waals surface area (Å²) in [5, 5.41) is 3.92. The van der Waals surface area contributed by atoms with E-state index in [1.807, 2.05) is 18.2 Å². The molecule has 0 amide bonds. The number of benzene rings is 1. The van der Waals surface area contributed by atoms with Gasteiger partial charge in [0.1, 0.15) is 34.9 Å². The van der Waals surface area contributed by atoms with Gasteiger partial charge in [0.25, 0.3) is 0 Å². The maximum absolute atomic E-state index is 13.8. The van der Waals surface area contributed by atoms with E-state index in [9.17, 15) is 13.6 Å². The summed E-state index contributed by atoms with van der Waals surface area (Å²) >= 11 is 6.82. The van der Waals surface area contributed by atoms with Crippen LogP contribution in [0, 0.1) is 11.6 Å². The van der Waals surface area contributed by atoms with Crippen LogP contribution in [0.25, 0.3) is 22.1 Å². The number of carbonyl (C=O) groups excluding carboxylic acids is 1. The molecule has 3 N–H and O–H groups in total. The fourth-order valence-corrected chi connectivity index (χ4v) is 4.39. The van der Waals surface area contributed by atoms with Crippen LogP contribution in [0.1, 0.15) is 5.56 Å². The SMILES string of the molecule is Fc1c[nH]c2ncnc(Cl)c12.O=C1Cc2ccc(Nc3ncnc4[nH]cc(F)c34)cc2S1. The highest BCUT2D eigenvalue weighted by molar-refractivity contribution is 8.14. The van der Waals surface area contributed by atoms with Crippen molar-refractivity contribution in [3.05, 3.63) is 65.6 Å². The van der Waals surface area contributed by atoms with E-state index in [0.29, 0.717) is 28.9 Å². The number of halogens is 3. The lowest BCUT2D eigenvalue weighted by atomic mass is 10.1. The van der Waals surface area contributed by atoms with Crippen LogP contribution in [-0.4, -0.2) is 35.0 Å². The molecule has 0 spiro atoms. The van der Waals surface area contributed by atoms with Crippen LogP contribution >= 0.6 is 23.4 Å². The highest BCUT2D eigenvalue weighted by Crippen LogP contribution is 2.35. The van der Waals surface area contributed by atoms with Crippen LogP contribution in [0.3, 0.4) is 0 Å². The third kappa shape index (κ3) is 3.76. The Bertz CT molecular complexity index is 1490. The fourth-order valence-electron chi connectivity index (χ4n) is 3.23. The molecule has 5 aromatic rings. The summed E-state index contributed by atoms with van der Waals surface area (Å²) < 4.78 is 26.6. The van der Waals surface area contributed by atoms with E-state index in [1.54, 1.807) is 0 Å². The van der Waals surface area contributed by atoms with Crippen molar-refractivity contribution in [2.75, 3.05) is 5.32 Å². The number of hydrogen-bond donors (Lipinski definition) is 3. The summed E-state index contributed by atoms with van der Waals surface area (Å²) in [6.07, 6.45) is 5.56. The van der Waals surface area contributed by atoms with Crippen LogP contribution in [0.4, 0.5) is 20.3 Å².